The van der Waals surface area contributed by atoms with Crippen LogP contribution in [0.3, 0.4) is 0 Å². The molecule has 1 saturated heterocycles. The zero-order valence-electron chi connectivity index (χ0n) is 12.1. The molecule has 0 saturated carbocycles. The van der Waals surface area contributed by atoms with Crippen molar-refractivity contribution in [2.45, 2.75) is 78.1 Å². The Hall–Kier alpha value is -0.0400. The van der Waals surface area contributed by atoms with E-state index in [1.807, 2.05) is 0 Å². The third-order valence-corrected chi connectivity index (χ3v) is 4.37. The van der Waals surface area contributed by atoms with Crippen LogP contribution in [0.25, 0.3) is 0 Å². The summed E-state index contributed by atoms with van der Waals surface area (Å²) in [6.45, 7) is 7.18. The Morgan fingerprint density at radius 2 is 1.59 bits per heavy atom. The van der Waals surface area contributed by atoms with Crippen LogP contribution in [-0.2, 0) is 0 Å². The van der Waals surface area contributed by atoms with Crippen LogP contribution in [-0.4, -0.2) is 13.1 Å². The smallest absolute Gasteiger partial charge is 0.00174 e. The fourth-order valence-electron chi connectivity index (χ4n) is 3.18. The van der Waals surface area contributed by atoms with Gasteiger partial charge < -0.3 is 5.32 Å². The minimum absolute atomic E-state index is 0.994. The summed E-state index contributed by atoms with van der Waals surface area (Å²) in [6.07, 6.45) is 14.4. The summed E-state index contributed by atoms with van der Waals surface area (Å²) in [5.41, 5.74) is 0. The van der Waals surface area contributed by atoms with Gasteiger partial charge in [0.2, 0.25) is 0 Å². The quantitative estimate of drug-likeness (QED) is 0.542. The van der Waals surface area contributed by atoms with E-state index in [4.69, 9.17) is 0 Å². The van der Waals surface area contributed by atoms with E-state index in [0.29, 0.717) is 0 Å². The van der Waals surface area contributed by atoms with Gasteiger partial charge in [-0.2, -0.15) is 0 Å². The molecular weight excluding hydrogens is 206 g/mol. The SMILES string of the molecule is CCCCCCC(CCCCC)[C@@H]1CCNC1. The van der Waals surface area contributed by atoms with Gasteiger partial charge in [0.05, 0.1) is 0 Å². The Morgan fingerprint density at radius 3 is 2.18 bits per heavy atom. The first kappa shape index (κ1) is 15.0. The van der Waals surface area contributed by atoms with E-state index in [2.05, 4.69) is 19.2 Å². The molecule has 1 rings (SSSR count). The number of hydrogen-bond donors (Lipinski definition) is 1. The van der Waals surface area contributed by atoms with Crippen molar-refractivity contribution in [2.24, 2.45) is 11.8 Å². The molecule has 102 valence electrons. The summed E-state index contributed by atoms with van der Waals surface area (Å²) in [4.78, 5) is 0. The molecule has 1 N–H and O–H groups in total. The van der Waals surface area contributed by atoms with Gasteiger partial charge >= 0.3 is 0 Å². The third-order valence-electron chi connectivity index (χ3n) is 4.37. The molecule has 1 nitrogen and oxygen atoms in total. The highest BCUT2D eigenvalue weighted by Gasteiger charge is 2.23. The first-order valence-electron chi connectivity index (χ1n) is 8.09. The van der Waals surface area contributed by atoms with E-state index in [-0.39, 0.29) is 0 Å². The van der Waals surface area contributed by atoms with Gasteiger partial charge in [0.15, 0.2) is 0 Å². The molecule has 1 heterocycles. The molecule has 1 unspecified atom stereocenters. The van der Waals surface area contributed by atoms with Gasteiger partial charge in [-0.1, -0.05) is 71.6 Å². The third kappa shape index (κ3) is 6.45. The predicted molar refractivity (Wildman–Crippen MR) is 77.4 cm³/mol. The molecule has 0 aliphatic carbocycles. The standard InChI is InChI=1S/C16H33N/c1-3-5-7-9-11-15(10-8-6-4-2)16-12-13-17-14-16/h15-17H,3-14H2,1-2H3/t15?,16-/m1/s1. The fraction of sp³-hybridized carbons (Fsp3) is 1.00. The molecule has 17 heavy (non-hydrogen) atoms. The molecule has 0 aromatic heterocycles. The lowest BCUT2D eigenvalue weighted by molar-refractivity contribution is 0.295. The van der Waals surface area contributed by atoms with Crippen LogP contribution in [0.2, 0.25) is 0 Å². The van der Waals surface area contributed by atoms with Crippen molar-refractivity contribution in [3.05, 3.63) is 0 Å². The highest BCUT2D eigenvalue weighted by Crippen LogP contribution is 2.29. The molecule has 0 radical (unpaired) electrons. The Bertz CT molecular complexity index is 161. The van der Waals surface area contributed by atoms with Crippen LogP contribution in [0.4, 0.5) is 0 Å². The molecular formula is C16H33N. The van der Waals surface area contributed by atoms with Gasteiger partial charge in [0.25, 0.3) is 0 Å². The van der Waals surface area contributed by atoms with Gasteiger partial charge in [0, 0.05) is 0 Å². The highest BCUT2D eigenvalue weighted by molar-refractivity contribution is 4.78. The minimum Gasteiger partial charge on any atom is -0.316 e. The summed E-state index contributed by atoms with van der Waals surface area (Å²) in [7, 11) is 0. The minimum atomic E-state index is 0.994. The maximum atomic E-state index is 3.54. The van der Waals surface area contributed by atoms with Crippen LogP contribution in [0.15, 0.2) is 0 Å². The average molecular weight is 239 g/mol. The normalized spacial score (nSPS) is 21.9. The average Bonchev–Trinajstić information content (AvgIpc) is 2.86. The topological polar surface area (TPSA) is 12.0 Å². The molecule has 1 heteroatoms. The van der Waals surface area contributed by atoms with E-state index in [1.54, 1.807) is 0 Å². The molecule has 0 bridgehead atoms. The van der Waals surface area contributed by atoms with E-state index in [0.717, 1.165) is 11.8 Å². The van der Waals surface area contributed by atoms with Crippen molar-refractivity contribution >= 4 is 0 Å². The number of nitrogens with one attached hydrogen (secondary N) is 1. The van der Waals surface area contributed by atoms with Crippen molar-refractivity contribution in [1.82, 2.24) is 5.32 Å². The van der Waals surface area contributed by atoms with E-state index >= 15 is 0 Å². The molecule has 0 aromatic carbocycles. The zero-order valence-corrected chi connectivity index (χ0v) is 12.1. The molecule has 1 fully saturated rings. The largest absolute Gasteiger partial charge is 0.316 e. The summed E-state index contributed by atoms with van der Waals surface area (Å²) in [5.74, 6) is 2.02. The lowest BCUT2D eigenvalue weighted by Gasteiger charge is -2.23. The Balaban J connectivity index is 2.20. The molecule has 2 atom stereocenters. The van der Waals surface area contributed by atoms with Gasteiger partial charge in [-0.15, -0.1) is 0 Å². The van der Waals surface area contributed by atoms with Crippen LogP contribution in [0.1, 0.15) is 78.1 Å². The zero-order chi connectivity index (χ0) is 12.3. The van der Waals surface area contributed by atoms with Gasteiger partial charge in [-0.25, -0.2) is 0 Å². The Labute approximate surface area is 109 Å². The summed E-state index contributed by atoms with van der Waals surface area (Å²) >= 11 is 0. The van der Waals surface area contributed by atoms with E-state index in [9.17, 15) is 0 Å². The Kier molecular flexibility index (Phi) is 8.78. The van der Waals surface area contributed by atoms with Crippen molar-refractivity contribution in [1.29, 1.82) is 0 Å². The lowest BCUT2D eigenvalue weighted by Crippen LogP contribution is -2.18. The Morgan fingerprint density at radius 1 is 0.941 bits per heavy atom. The van der Waals surface area contributed by atoms with Crippen molar-refractivity contribution in [3.63, 3.8) is 0 Å². The molecule has 1 aliphatic rings. The van der Waals surface area contributed by atoms with E-state index < -0.39 is 0 Å². The van der Waals surface area contributed by atoms with Crippen LogP contribution in [0, 0.1) is 11.8 Å². The second-order valence-corrected chi connectivity index (χ2v) is 5.86. The molecule has 0 spiro atoms. The van der Waals surface area contributed by atoms with Crippen molar-refractivity contribution in [3.8, 4) is 0 Å². The number of unbranched alkanes of at least 4 members (excludes halogenated alkanes) is 5. The van der Waals surface area contributed by atoms with Crippen LogP contribution < -0.4 is 5.32 Å². The molecule has 0 amide bonds. The summed E-state index contributed by atoms with van der Waals surface area (Å²) in [5, 5.41) is 3.54. The maximum Gasteiger partial charge on any atom is -0.00174 e. The summed E-state index contributed by atoms with van der Waals surface area (Å²) < 4.78 is 0. The van der Waals surface area contributed by atoms with Gasteiger partial charge in [0.1, 0.15) is 0 Å². The molecule has 0 aromatic rings. The van der Waals surface area contributed by atoms with Gasteiger partial charge in [-0.3, -0.25) is 0 Å². The second kappa shape index (κ2) is 9.94. The predicted octanol–water partition coefficient (Wildman–Crippen LogP) is 4.76. The van der Waals surface area contributed by atoms with Gasteiger partial charge in [-0.05, 0) is 31.3 Å². The first-order chi connectivity index (χ1) is 8.38. The number of hydrogen-bond acceptors (Lipinski definition) is 1. The highest BCUT2D eigenvalue weighted by atomic mass is 14.9. The second-order valence-electron chi connectivity index (χ2n) is 5.86. The summed E-state index contributed by atoms with van der Waals surface area (Å²) in [6, 6.07) is 0. The molecule has 1 aliphatic heterocycles. The fourth-order valence-corrected chi connectivity index (χ4v) is 3.18. The van der Waals surface area contributed by atoms with Crippen LogP contribution >= 0.6 is 0 Å². The first-order valence-corrected chi connectivity index (χ1v) is 8.09. The van der Waals surface area contributed by atoms with Crippen molar-refractivity contribution < 1.29 is 0 Å². The van der Waals surface area contributed by atoms with E-state index in [1.165, 1.54) is 77.3 Å². The maximum absolute atomic E-state index is 3.54. The van der Waals surface area contributed by atoms with Crippen LogP contribution in [0.5, 0.6) is 0 Å². The van der Waals surface area contributed by atoms with Crippen molar-refractivity contribution in [2.75, 3.05) is 13.1 Å². The lowest BCUT2D eigenvalue weighted by atomic mass is 9.83. The monoisotopic (exact) mass is 239 g/mol. The number of rotatable bonds is 10.